The van der Waals surface area contributed by atoms with E-state index >= 15 is 0 Å². The number of rotatable bonds is 3. The Kier molecular flexibility index (Phi) is 5.07. The summed E-state index contributed by atoms with van der Waals surface area (Å²) in [5.41, 5.74) is 1.39. The zero-order valence-electron chi connectivity index (χ0n) is 16.7. The highest BCUT2D eigenvalue weighted by atomic mass is 28.3. The molecular formula is C21H41NSi. The molecule has 5 atom stereocenters. The fourth-order valence-corrected chi connectivity index (χ4v) is 12.7. The largest absolute Gasteiger partial charge is 0.319 e. The summed E-state index contributed by atoms with van der Waals surface area (Å²) < 4.78 is 2.93. The van der Waals surface area contributed by atoms with Gasteiger partial charge >= 0.3 is 0 Å². The molecule has 3 fully saturated rings. The van der Waals surface area contributed by atoms with Crippen molar-refractivity contribution in [2.75, 3.05) is 6.54 Å². The summed E-state index contributed by atoms with van der Waals surface area (Å²) in [5.74, 6) is 4.40. The fourth-order valence-electron chi connectivity index (χ4n) is 7.43. The Morgan fingerprint density at radius 2 is 1.48 bits per heavy atom. The summed E-state index contributed by atoms with van der Waals surface area (Å²) >= 11 is 0. The van der Waals surface area contributed by atoms with Crippen molar-refractivity contribution in [3.8, 4) is 0 Å². The summed E-state index contributed by atoms with van der Waals surface area (Å²) in [6.07, 6.45) is 12.4. The zero-order chi connectivity index (χ0) is 16.8. The van der Waals surface area contributed by atoms with Crippen molar-refractivity contribution in [1.29, 1.82) is 0 Å². The number of hydrogen-bond acceptors (Lipinski definition) is 1. The lowest BCUT2D eigenvalue weighted by Crippen LogP contribution is -2.60. The van der Waals surface area contributed by atoms with E-state index < -0.39 is 8.24 Å². The van der Waals surface area contributed by atoms with Crippen LogP contribution < -0.4 is 0 Å². The van der Waals surface area contributed by atoms with Gasteiger partial charge in [-0.25, -0.2) is 0 Å². The summed E-state index contributed by atoms with van der Waals surface area (Å²) in [7, 11) is -1.37. The normalized spacial score (nSPS) is 38.5. The first kappa shape index (κ1) is 18.0. The van der Waals surface area contributed by atoms with Gasteiger partial charge in [0.1, 0.15) is 8.24 Å². The maximum Gasteiger partial charge on any atom is 0.126 e. The first-order valence-electron chi connectivity index (χ1n) is 10.5. The van der Waals surface area contributed by atoms with Gasteiger partial charge in [-0.05, 0) is 82.2 Å². The molecule has 0 bridgehead atoms. The molecule has 134 valence electrons. The molecule has 3 aliphatic rings. The third kappa shape index (κ3) is 3.19. The average molecular weight is 336 g/mol. The van der Waals surface area contributed by atoms with Crippen LogP contribution in [0.25, 0.3) is 0 Å². The molecule has 3 aliphatic carbocycles. The highest BCUT2D eigenvalue weighted by molar-refractivity contribution is 6.76. The van der Waals surface area contributed by atoms with Gasteiger partial charge in [0.05, 0.1) is 0 Å². The summed E-state index contributed by atoms with van der Waals surface area (Å²) in [4.78, 5) is 0. The van der Waals surface area contributed by atoms with Crippen LogP contribution in [0, 0.1) is 23.7 Å². The predicted octanol–water partition coefficient (Wildman–Crippen LogP) is 6.31. The second-order valence-electron chi connectivity index (χ2n) is 10.4. The van der Waals surface area contributed by atoms with E-state index in [2.05, 4.69) is 45.4 Å². The van der Waals surface area contributed by atoms with E-state index in [1.54, 1.807) is 38.5 Å². The molecule has 3 saturated carbocycles. The Labute approximate surface area is 146 Å². The molecule has 2 heteroatoms. The SMILES string of the molecule is CCN(C(C)(C)C)[Si](C)(C)C1CCC2C3CCCCC3CCC21. The Morgan fingerprint density at radius 3 is 2.13 bits per heavy atom. The topological polar surface area (TPSA) is 3.24 Å². The van der Waals surface area contributed by atoms with Gasteiger partial charge in [-0.1, -0.05) is 45.7 Å². The van der Waals surface area contributed by atoms with Crippen LogP contribution in [-0.2, 0) is 0 Å². The third-order valence-electron chi connectivity index (χ3n) is 8.00. The summed E-state index contributed by atoms with van der Waals surface area (Å²) in [5, 5.41) is 0. The predicted molar refractivity (Wildman–Crippen MR) is 104 cm³/mol. The minimum Gasteiger partial charge on any atom is -0.319 e. The van der Waals surface area contributed by atoms with Crippen LogP contribution in [0.3, 0.4) is 0 Å². The van der Waals surface area contributed by atoms with Gasteiger partial charge in [-0.15, -0.1) is 0 Å². The van der Waals surface area contributed by atoms with Crippen LogP contribution in [-0.4, -0.2) is 24.9 Å². The van der Waals surface area contributed by atoms with Gasteiger partial charge in [0.15, 0.2) is 0 Å². The highest BCUT2D eigenvalue weighted by Crippen LogP contribution is 2.59. The van der Waals surface area contributed by atoms with E-state index in [0.29, 0.717) is 5.54 Å². The molecule has 0 saturated heterocycles. The standard InChI is InChI=1S/C21H41NSi/c1-7-22(21(2,3)4)23(5,6)20-15-14-18-17-11-9-8-10-16(17)12-13-19(18)20/h16-20H,7-15H2,1-6H3. The lowest BCUT2D eigenvalue weighted by Gasteiger charge is -2.52. The lowest BCUT2D eigenvalue weighted by atomic mass is 9.62. The molecule has 0 aromatic carbocycles. The lowest BCUT2D eigenvalue weighted by molar-refractivity contribution is 0.0710. The second-order valence-corrected chi connectivity index (χ2v) is 15.0. The van der Waals surface area contributed by atoms with E-state index in [-0.39, 0.29) is 0 Å². The molecule has 0 aromatic heterocycles. The van der Waals surface area contributed by atoms with Gasteiger partial charge in [0.2, 0.25) is 0 Å². The third-order valence-corrected chi connectivity index (χ3v) is 12.9. The quantitative estimate of drug-likeness (QED) is 0.546. The Balaban J connectivity index is 1.79. The zero-order valence-corrected chi connectivity index (χ0v) is 17.7. The van der Waals surface area contributed by atoms with E-state index in [1.807, 2.05) is 0 Å². The number of nitrogens with zero attached hydrogens (tertiary/aromatic N) is 1. The summed E-state index contributed by atoms with van der Waals surface area (Å²) in [6.45, 7) is 16.3. The van der Waals surface area contributed by atoms with E-state index in [0.717, 1.165) is 29.2 Å². The van der Waals surface area contributed by atoms with E-state index in [1.165, 1.54) is 19.4 Å². The molecule has 0 spiro atoms. The minimum absolute atomic E-state index is 0.338. The van der Waals surface area contributed by atoms with E-state index in [4.69, 9.17) is 0 Å². The molecule has 23 heavy (non-hydrogen) atoms. The van der Waals surface area contributed by atoms with Crippen molar-refractivity contribution < 1.29 is 0 Å². The molecular weight excluding hydrogens is 294 g/mol. The van der Waals surface area contributed by atoms with Gasteiger partial charge in [0.25, 0.3) is 0 Å². The smallest absolute Gasteiger partial charge is 0.126 e. The number of hydrogen-bond donors (Lipinski definition) is 0. The van der Waals surface area contributed by atoms with Crippen molar-refractivity contribution in [1.82, 2.24) is 4.57 Å². The molecule has 0 aromatic rings. The maximum absolute atomic E-state index is 2.93. The van der Waals surface area contributed by atoms with Crippen molar-refractivity contribution in [3.63, 3.8) is 0 Å². The van der Waals surface area contributed by atoms with Crippen LogP contribution in [0.15, 0.2) is 0 Å². The van der Waals surface area contributed by atoms with Gasteiger partial charge < -0.3 is 4.57 Å². The maximum atomic E-state index is 2.93. The monoisotopic (exact) mass is 335 g/mol. The van der Waals surface area contributed by atoms with Crippen LogP contribution in [0.4, 0.5) is 0 Å². The van der Waals surface area contributed by atoms with Crippen molar-refractivity contribution in [2.24, 2.45) is 23.7 Å². The van der Waals surface area contributed by atoms with Crippen LogP contribution in [0.1, 0.15) is 79.1 Å². The average Bonchev–Trinajstić information content (AvgIpc) is 2.91. The molecule has 0 aliphatic heterocycles. The molecule has 0 heterocycles. The van der Waals surface area contributed by atoms with Gasteiger partial charge in [0, 0.05) is 5.54 Å². The Bertz CT molecular complexity index is 411. The van der Waals surface area contributed by atoms with Crippen molar-refractivity contribution in [2.45, 2.75) is 103 Å². The number of fused-ring (bicyclic) bond motifs is 3. The Morgan fingerprint density at radius 1 is 0.826 bits per heavy atom. The van der Waals surface area contributed by atoms with Crippen LogP contribution in [0.5, 0.6) is 0 Å². The van der Waals surface area contributed by atoms with Crippen LogP contribution >= 0.6 is 0 Å². The fraction of sp³-hybridized carbons (Fsp3) is 1.00. The van der Waals surface area contributed by atoms with Crippen molar-refractivity contribution >= 4 is 8.24 Å². The summed E-state index contributed by atoms with van der Waals surface area (Å²) in [6, 6.07) is 0. The van der Waals surface area contributed by atoms with Gasteiger partial charge in [-0.3, -0.25) is 0 Å². The minimum atomic E-state index is -1.37. The molecule has 5 unspecified atom stereocenters. The van der Waals surface area contributed by atoms with Crippen LogP contribution in [0.2, 0.25) is 18.6 Å². The highest BCUT2D eigenvalue weighted by Gasteiger charge is 2.53. The first-order valence-corrected chi connectivity index (χ1v) is 13.6. The molecule has 0 N–H and O–H groups in total. The van der Waals surface area contributed by atoms with Gasteiger partial charge in [-0.2, -0.15) is 0 Å². The second kappa shape index (κ2) is 6.48. The first-order chi connectivity index (χ1) is 10.8. The van der Waals surface area contributed by atoms with Crippen molar-refractivity contribution in [3.05, 3.63) is 0 Å². The molecule has 0 radical (unpaired) electrons. The van der Waals surface area contributed by atoms with E-state index in [9.17, 15) is 0 Å². The molecule has 3 rings (SSSR count). The molecule has 1 nitrogen and oxygen atoms in total. The molecule has 0 amide bonds. The Hall–Kier alpha value is 0.177.